The molecule has 0 saturated carbocycles. The summed E-state index contributed by atoms with van der Waals surface area (Å²) in [6, 6.07) is 62.6. The summed E-state index contributed by atoms with van der Waals surface area (Å²) in [4.78, 5) is 15.4. The minimum atomic E-state index is -3.44. The van der Waals surface area contributed by atoms with Gasteiger partial charge in [0.2, 0.25) is 0 Å². The quantitative estimate of drug-likeness (QED) is 0.00975. The van der Waals surface area contributed by atoms with E-state index >= 15 is 4.79 Å². The third-order valence-electron chi connectivity index (χ3n) is 18.1. The number of aliphatic hydroxyl groups is 1. The first-order valence-corrected chi connectivity index (χ1v) is 36.6. The van der Waals surface area contributed by atoms with E-state index in [0.29, 0.717) is 35.3 Å². The Morgan fingerprint density at radius 3 is 1.33 bits per heavy atom. The van der Waals surface area contributed by atoms with Crippen LogP contribution in [0.25, 0.3) is 0 Å². The van der Waals surface area contributed by atoms with E-state index in [-0.39, 0.29) is 38.4 Å². The van der Waals surface area contributed by atoms with Gasteiger partial charge < -0.3 is 52.2 Å². The van der Waals surface area contributed by atoms with Gasteiger partial charge in [-0.05, 0) is 125 Å². The fourth-order valence-corrected chi connectivity index (χ4v) is 17.2. The predicted octanol–water partition coefficient (Wildman–Crippen LogP) is 16.6. The van der Waals surface area contributed by atoms with Crippen LogP contribution in [0.1, 0.15) is 135 Å². The molecule has 0 radical (unpaired) electrons. The van der Waals surface area contributed by atoms with Crippen molar-refractivity contribution in [2.45, 2.75) is 170 Å². The van der Waals surface area contributed by atoms with Crippen LogP contribution in [0.3, 0.4) is 0 Å². The Balaban J connectivity index is 1.29. The maximum atomic E-state index is 15.4. The van der Waals surface area contributed by atoms with Gasteiger partial charge in [-0.25, -0.2) is 4.79 Å². The molecule has 0 aliphatic carbocycles. The molecule has 7 aromatic rings. The summed E-state index contributed by atoms with van der Waals surface area (Å²) in [6.45, 7) is 17.6. The van der Waals surface area contributed by atoms with E-state index < -0.39 is 50.7 Å². The third-order valence-corrected chi connectivity index (χ3v) is 22.1. The fourth-order valence-electron chi connectivity index (χ4n) is 12.9. The lowest BCUT2D eigenvalue weighted by Gasteiger charge is -2.42. The van der Waals surface area contributed by atoms with Crippen LogP contribution in [0.5, 0.6) is 23.0 Å². The first kappa shape index (κ1) is 76.8. The van der Waals surface area contributed by atoms with E-state index in [4.69, 9.17) is 47.1 Å². The number of allylic oxidation sites excluding steroid dienone is 2. The summed E-state index contributed by atoms with van der Waals surface area (Å²) in [5.74, 6) is 2.68. The molecule has 13 heteroatoms. The number of hydrogen-bond acceptors (Lipinski definition) is 12. The zero-order chi connectivity index (χ0) is 69.4. The lowest BCUT2D eigenvalue weighted by molar-refractivity contribution is -0.183. The lowest BCUT2D eigenvalue weighted by Crippen LogP contribution is -2.71. The van der Waals surface area contributed by atoms with Crippen molar-refractivity contribution >= 4 is 29.8 Å². The van der Waals surface area contributed by atoms with Crippen molar-refractivity contribution in [3.05, 3.63) is 245 Å². The molecule has 1 unspecified atom stereocenters. The van der Waals surface area contributed by atoms with E-state index in [1.807, 2.05) is 109 Å². The summed E-state index contributed by atoms with van der Waals surface area (Å²) < 4.78 is 63.6. The molecule has 7 rings (SSSR count). The Labute approximate surface area is 581 Å². The van der Waals surface area contributed by atoms with Gasteiger partial charge in [0.15, 0.2) is 6.10 Å². The molecule has 0 aliphatic rings. The Kier molecular flexibility index (Phi) is 31.9. The summed E-state index contributed by atoms with van der Waals surface area (Å²) in [5, 5.41) is 14.6. The number of carbonyl (C=O) groups is 1. The molecule has 0 spiro atoms. The third kappa shape index (κ3) is 23.6. The topological polar surface area (TPSA) is 130 Å². The highest BCUT2D eigenvalue weighted by Crippen LogP contribution is 2.36. The normalized spacial score (nSPS) is 14.6. The zero-order valence-corrected chi connectivity index (χ0v) is 60.7. The Hall–Kier alpha value is -7.59. The van der Waals surface area contributed by atoms with Crippen LogP contribution in [0, 0.1) is 17.3 Å². The Morgan fingerprint density at radius 1 is 0.505 bits per heavy atom. The monoisotopic (exact) mass is 1340 g/mol. The molecule has 0 bridgehead atoms. The van der Waals surface area contributed by atoms with Crippen LogP contribution in [0.4, 0.5) is 0 Å². The minimum Gasteiger partial charge on any atom is -0.497 e. The van der Waals surface area contributed by atoms with Gasteiger partial charge in [0.05, 0.1) is 80.3 Å². The minimum absolute atomic E-state index is 0.0532. The number of unbranched alkanes of at least 4 members (excludes halogenated alkanes) is 7. The molecule has 0 fully saturated rings. The molecule has 7 aromatic carbocycles. The van der Waals surface area contributed by atoms with Gasteiger partial charge in [0.25, 0.3) is 8.32 Å². The number of rotatable bonds is 43. The second kappa shape index (κ2) is 40.3. The Bertz CT molecular complexity index is 3350. The molecule has 7 atom stereocenters. The van der Waals surface area contributed by atoms with Crippen LogP contribution in [-0.4, -0.2) is 91.6 Å². The zero-order valence-electron chi connectivity index (χ0n) is 59.7. The van der Waals surface area contributed by atoms with Crippen molar-refractivity contribution in [1.82, 2.24) is 0 Å². The first-order valence-electron chi connectivity index (χ1n) is 34.7. The van der Waals surface area contributed by atoms with Crippen LogP contribution >= 0.6 is 0 Å². The number of ether oxygens (including phenoxy) is 9. The van der Waals surface area contributed by atoms with E-state index in [2.05, 4.69) is 146 Å². The molecule has 12 nitrogen and oxygen atoms in total. The number of benzene rings is 7. The molecule has 97 heavy (non-hydrogen) atoms. The molecule has 0 aromatic heterocycles. The smallest absolute Gasteiger partial charge is 0.333 e. The predicted molar refractivity (Wildman–Crippen MR) is 394 cm³/mol. The molecule has 520 valence electrons. The second-order valence-electron chi connectivity index (χ2n) is 26.3. The molecular formula is C84H108O12Si. The van der Waals surface area contributed by atoms with Crippen molar-refractivity contribution in [1.29, 1.82) is 0 Å². The van der Waals surface area contributed by atoms with Crippen LogP contribution in [0.2, 0.25) is 0 Å². The van der Waals surface area contributed by atoms with Gasteiger partial charge in [-0.1, -0.05) is 249 Å². The van der Waals surface area contributed by atoms with Crippen LogP contribution in [-0.2, 0) is 59.3 Å². The summed E-state index contributed by atoms with van der Waals surface area (Å²) in [6.07, 6.45) is 14.1. The van der Waals surface area contributed by atoms with Gasteiger partial charge in [0, 0.05) is 16.9 Å². The van der Waals surface area contributed by atoms with Crippen molar-refractivity contribution < 1.29 is 57.0 Å². The van der Waals surface area contributed by atoms with Crippen molar-refractivity contribution in [3.8, 4) is 23.0 Å². The molecular weight excluding hydrogens is 1230 g/mol. The molecule has 1 N–H and O–H groups in total. The standard InChI is InChI=1S/C84H108O12Si/c1-13-14-15-16-17-18-19-23-30-63(3)80(93-59-69-41-49-73(89-11)50-42-69)64(4)53-62(2)54-65(5)82(96-97(75-31-24-20-25-32-75,76-33-26-21-27-34-76)77-35-28-22-29-36-77)84(7,8)55-66(6)83(86)95-79(61-91-57-67-37-45-71(87-9)46-38-67)81(94-60-70-43-51-74(90-12)52-44-70)78(56-85)92-58-68-39-47-72(88-10)48-40-68/h20-22,24-29,31-55,63-64,78-82,85H,13-19,23,30,56-61H2,1-12H3/b62-53+,65-54+,66-55+/t63-,64-,78+,79+,80+,81-,82?/m0/s1. The highest BCUT2D eigenvalue weighted by atomic mass is 28.4. The van der Waals surface area contributed by atoms with E-state index in [1.54, 1.807) is 35.4 Å². The number of methoxy groups -OCH3 is 4. The Morgan fingerprint density at radius 2 is 0.907 bits per heavy atom. The molecule has 0 heterocycles. The second-order valence-corrected chi connectivity index (χ2v) is 29.6. The molecule has 0 saturated heterocycles. The SMILES string of the molecule is CCCCCCCCCC[C@H](C)[C@@H](OCc1ccc(OC)cc1)[C@@H](C)/C=C(C)/C=C(\C)C(O[Si](c1ccccc1)(c1ccccc1)c1ccccc1)C(C)(C)/C=C(\C)C(=O)O[C@H](COCc1ccc(OC)cc1)[C@@H](OCc1ccc(OC)cc1)[C@@H](CO)OCc1ccc(OC)cc1. The van der Waals surface area contributed by atoms with E-state index in [9.17, 15) is 5.11 Å². The average molecular weight is 1340 g/mol. The van der Waals surface area contributed by atoms with Crippen molar-refractivity contribution in [2.24, 2.45) is 17.3 Å². The summed E-state index contributed by atoms with van der Waals surface area (Å²) in [5.41, 5.74) is 5.15. The van der Waals surface area contributed by atoms with Crippen molar-refractivity contribution in [2.75, 3.05) is 41.7 Å². The van der Waals surface area contributed by atoms with Gasteiger partial charge in [-0.15, -0.1) is 0 Å². The van der Waals surface area contributed by atoms with Gasteiger partial charge in [-0.2, -0.15) is 0 Å². The highest BCUT2D eigenvalue weighted by molar-refractivity contribution is 7.07. The number of aliphatic hydroxyl groups excluding tert-OH is 1. The number of hydrogen-bond donors (Lipinski definition) is 1. The van der Waals surface area contributed by atoms with E-state index in [0.717, 1.165) is 67.6 Å². The first-order chi connectivity index (χ1) is 47.0. The van der Waals surface area contributed by atoms with Crippen LogP contribution < -0.4 is 34.5 Å². The van der Waals surface area contributed by atoms with Gasteiger partial charge >= 0.3 is 5.97 Å². The summed E-state index contributed by atoms with van der Waals surface area (Å²) in [7, 11) is 3.11. The maximum Gasteiger partial charge on any atom is 0.333 e. The number of esters is 1. The van der Waals surface area contributed by atoms with E-state index in [1.165, 1.54) is 44.9 Å². The molecule has 0 amide bonds. The highest BCUT2D eigenvalue weighted by Gasteiger charge is 2.47. The van der Waals surface area contributed by atoms with Crippen LogP contribution in [0.15, 0.2) is 223 Å². The lowest BCUT2D eigenvalue weighted by atomic mass is 9.80. The fraction of sp³-hybridized carbons (Fsp3) is 0.417. The van der Waals surface area contributed by atoms with Gasteiger partial charge in [-0.3, -0.25) is 0 Å². The number of carbonyl (C=O) groups excluding carboxylic acids is 1. The van der Waals surface area contributed by atoms with Crippen molar-refractivity contribution in [3.63, 3.8) is 0 Å². The maximum absolute atomic E-state index is 15.4. The van der Waals surface area contributed by atoms with Gasteiger partial charge in [0.1, 0.15) is 35.2 Å². The molecule has 0 aliphatic heterocycles. The largest absolute Gasteiger partial charge is 0.497 e. The average Bonchev–Trinajstić information content (AvgIpc) is 0.747. The summed E-state index contributed by atoms with van der Waals surface area (Å²) >= 11 is 0.